The summed E-state index contributed by atoms with van der Waals surface area (Å²) in [5.41, 5.74) is 1.87. The lowest BCUT2D eigenvalue weighted by atomic mass is 9.98. The zero-order valence-corrected chi connectivity index (χ0v) is 22.4. The predicted octanol–water partition coefficient (Wildman–Crippen LogP) is 7.27. The Kier molecular flexibility index (Phi) is 7.33. The molecule has 1 atom stereocenters. The van der Waals surface area contributed by atoms with E-state index in [1.165, 1.54) is 12.8 Å². The highest BCUT2D eigenvalue weighted by atomic mass is 79.9. The maximum atomic E-state index is 13.8. The molecule has 1 amide bonds. The van der Waals surface area contributed by atoms with E-state index in [1.54, 1.807) is 36.3 Å². The van der Waals surface area contributed by atoms with Crippen LogP contribution in [-0.2, 0) is 0 Å². The third kappa shape index (κ3) is 4.88. The first-order valence-electron chi connectivity index (χ1n) is 12.5. The molecule has 0 radical (unpaired) electrons. The highest BCUT2D eigenvalue weighted by molar-refractivity contribution is 9.10. The molecule has 3 aromatic carbocycles. The van der Waals surface area contributed by atoms with E-state index in [2.05, 4.69) is 22.9 Å². The van der Waals surface area contributed by atoms with Crippen molar-refractivity contribution in [2.75, 3.05) is 18.6 Å². The normalized spacial score (nSPS) is 14.7. The highest BCUT2D eigenvalue weighted by Gasteiger charge is 2.43. The maximum Gasteiger partial charge on any atom is 0.295 e. The number of halogens is 1. The fourth-order valence-electron chi connectivity index (χ4n) is 4.75. The van der Waals surface area contributed by atoms with Gasteiger partial charge in [0, 0.05) is 16.2 Å². The van der Waals surface area contributed by atoms with Crippen LogP contribution in [0.25, 0.3) is 11.0 Å². The lowest BCUT2D eigenvalue weighted by Crippen LogP contribution is -2.29. The number of carbonyl (C=O) groups is 1. The number of hydrogen-bond acceptors (Lipinski definition) is 5. The van der Waals surface area contributed by atoms with E-state index in [0.717, 1.165) is 28.6 Å². The Bertz CT molecular complexity index is 1490. The second-order valence-electron chi connectivity index (χ2n) is 9.07. The van der Waals surface area contributed by atoms with Gasteiger partial charge in [0.1, 0.15) is 17.1 Å². The van der Waals surface area contributed by atoms with Crippen LogP contribution in [-0.4, -0.2) is 19.6 Å². The molecular weight excluding hydrogens is 534 g/mol. The lowest BCUT2D eigenvalue weighted by Gasteiger charge is -2.25. The number of carbonyl (C=O) groups excluding carboxylic acids is 1. The van der Waals surface area contributed by atoms with Gasteiger partial charge in [-0.3, -0.25) is 14.5 Å². The number of benzene rings is 3. The zero-order valence-electron chi connectivity index (χ0n) is 20.8. The number of hydrogen-bond donors (Lipinski definition) is 0. The SMILES string of the molecule is CCCCCCOc1ccc(C2c3c(oc4ccc(Br)cc4c3=O)C(=O)N2c2cccc(OC)c2)cc1. The first-order valence-corrected chi connectivity index (χ1v) is 13.3. The number of nitrogens with zero attached hydrogens (tertiary/aromatic N) is 1. The molecule has 1 aromatic heterocycles. The van der Waals surface area contributed by atoms with Crippen LogP contribution < -0.4 is 19.8 Å². The second kappa shape index (κ2) is 10.8. The quantitative estimate of drug-likeness (QED) is 0.201. The summed E-state index contributed by atoms with van der Waals surface area (Å²) in [4.78, 5) is 29.1. The minimum atomic E-state index is -0.659. The molecule has 1 aliphatic rings. The van der Waals surface area contributed by atoms with Gasteiger partial charge < -0.3 is 13.9 Å². The monoisotopic (exact) mass is 561 g/mol. The molecule has 1 aliphatic heterocycles. The maximum absolute atomic E-state index is 13.8. The molecule has 0 spiro atoms. The van der Waals surface area contributed by atoms with Gasteiger partial charge in [-0.15, -0.1) is 0 Å². The molecule has 5 rings (SSSR count). The van der Waals surface area contributed by atoms with Crippen LogP contribution in [0, 0.1) is 0 Å². The zero-order chi connectivity index (χ0) is 25.9. The molecule has 0 saturated heterocycles. The molecule has 37 heavy (non-hydrogen) atoms. The van der Waals surface area contributed by atoms with Crippen molar-refractivity contribution >= 4 is 38.5 Å². The van der Waals surface area contributed by atoms with Crippen LogP contribution in [0.4, 0.5) is 5.69 Å². The van der Waals surface area contributed by atoms with Crippen molar-refractivity contribution in [1.82, 2.24) is 0 Å². The molecule has 0 fully saturated rings. The molecule has 190 valence electrons. The summed E-state index contributed by atoms with van der Waals surface area (Å²) in [7, 11) is 1.58. The third-order valence-corrected chi connectivity index (χ3v) is 7.12. The van der Waals surface area contributed by atoms with Crippen molar-refractivity contribution in [3.63, 3.8) is 0 Å². The van der Waals surface area contributed by atoms with Gasteiger partial charge in [-0.25, -0.2) is 0 Å². The van der Waals surface area contributed by atoms with Gasteiger partial charge in [-0.05, 0) is 54.4 Å². The molecule has 0 bridgehead atoms. The summed E-state index contributed by atoms with van der Waals surface area (Å²) in [5, 5.41) is 0.422. The van der Waals surface area contributed by atoms with Crippen LogP contribution in [0.2, 0.25) is 0 Å². The summed E-state index contributed by atoms with van der Waals surface area (Å²) in [5.74, 6) is 1.06. The smallest absolute Gasteiger partial charge is 0.295 e. The Morgan fingerprint density at radius 1 is 0.946 bits per heavy atom. The molecule has 2 heterocycles. The fourth-order valence-corrected chi connectivity index (χ4v) is 5.11. The number of unbranched alkanes of at least 4 members (excludes halogenated alkanes) is 3. The number of methoxy groups -OCH3 is 1. The summed E-state index contributed by atoms with van der Waals surface area (Å²) in [6.07, 6.45) is 4.53. The predicted molar refractivity (Wildman–Crippen MR) is 148 cm³/mol. The van der Waals surface area contributed by atoms with Gasteiger partial charge in [0.15, 0.2) is 5.43 Å². The fraction of sp³-hybridized carbons (Fsp3) is 0.267. The second-order valence-corrected chi connectivity index (χ2v) is 9.99. The molecule has 0 saturated carbocycles. The van der Waals surface area contributed by atoms with Gasteiger partial charge in [-0.1, -0.05) is 60.3 Å². The van der Waals surface area contributed by atoms with E-state index < -0.39 is 6.04 Å². The van der Waals surface area contributed by atoms with Crippen LogP contribution in [0.3, 0.4) is 0 Å². The van der Waals surface area contributed by atoms with Crippen LogP contribution in [0.15, 0.2) is 80.4 Å². The molecule has 6 nitrogen and oxygen atoms in total. The van der Waals surface area contributed by atoms with Gasteiger partial charge >= 0.3 is 0 Å². The van der Waals surface area contributed by atoms with Gasteiger partial charge in [0.25, 0.3) is 5.91 Å². The van der Waals surface area contributed by atoms with Crippen molar-refractivity contribution < 1.29 is 18.7 Å². The van der Waals surface area contributed by atoms with Crippen LogP contribution >= 0.6 is 15.9 Å². The molecule has 0 N–H and O–H groups in total. The number of rotatable bonds is 9. The highest BCUT2D eigenvalue weighted by Crippen LogP contribution is 2.42. The number of anilines is 1. The minimum Gasteiger partial charge on any atom is -0.497 e. The molecule has 4 aromatic rings. The number of amides is 1. The Morgan fingerprint density at radius 3 is 2.51 bits per heavy atom. The Labute approximate surface area is 223 Å². The number of ether oxygens (including phenoxy) is 2. The number of fused-ring (bicyclic) bond motifs is 2. The van der Waals surface area contributed by atoms with Gasteiger partial charge in [-0.2, -0.15) is 0 Å². The summed E-state index contributed by atoms with van der Waals surface area (Å²) < 4.78 is 18.1. The standard InChI is InChI=1S/C30H28BrNO5/c1-3-4-5-6-16-36-22-13-10-19(11-14-22)27-26-28(33)24-17-20(31)12-15-25(24)37-29(26)30(34)32(27)21-8-7-9-23(18-21)35-2/h7-15,17-18,27H,3-6,16H2,1-2H3. The molecule has 7 heteroatoms. The third-order valence-electron chi connectivity index (χ3n) is 6.63. The van der Waals surface area contributed by atoms with E-state index in [1.807, 2.05) is 42.5 Å². The van der Waals surface area contributed by atoms with Crippen molar-refractivity contribution in [2.45, 2.75) is 38.6 Å². The molecule has 1 unspecified atom stereocenters. The summed E-state index contributed by atoms with van der Waals surface area (Å²) in [6.45, 7) is 2.84. The largest absolute Gasteiger partial charge is 0.497 e. The average molecular weight is 562 g/mol. The van der Waals surface area contributed by atoms with E-state index in [4.69, 9.17) is 13.9 Å². The van der Waals surface area contributed by atoms with E-state index in [-0.39, 0.29) is 17.1 Å². The van der Waals surface area contributed by atoms with E-state index in [9.17, 15) is 9.59 Å². The Balaban J connectivity index is 1.58. The van der Waals surface area contributed by atoms with Crippen molar-refractivity contribution in [2.24, 2.45) is 0 Å². The van der Waals surface area contributed by atoms with Crippen molar-refractivity contribution in [3.8, 4) is 11.5 Å². The van der Waals surface area contributed by atoms with Gasteiger partial charge in [0.2, 0.25) is 5.76 Å². The lowest BCUT2D eigenvalue weighted by molar-refractivity contribution is 0.0971. The molecular formula is C30H28BrNO5. The van der Waals surface area contributed by atoms with E-state index in [0.29, 0.717) is 34.6 Å². The van der Waals surface area contributed by atoms with Crippen LogP contribution in [0.1, 0.15) is 60.3 Å². The Hall–Kier alpha value is -3.58. The van der Waals surface area contributed by atoms with Gasteiger partial charge in [0.05, 0.1) is 30.7 Å². The minimum absolute atomic E-state index is 0.0592. The Morgan fingerprint density at radius 2 is 1.76 bits per heavy atom. The average Bonchev–Trinajstić information content (AvgIpc) is 3.21. The summed E-state index contributed by atoms with van der Waals surface area (Å²) >= 11 is 3.44. The first-order chi connectivity index (χ1) is 18.0. The topological polar surface area (TPSA) is 69.0 Å². The molecule has 0 aliphatic carbocycles. The first kappa shape index (κ1) is 25.1. The van der Waals surface area contributed by atoms with Crippen molar-refractivity contribution in [3.05, 3.63) is 98.3 Å². The van der Waals surface area contributed by atoms with E-state index >= 15 is 0 Å². The van der Waals surface area contributed by atoms with Crippen LogP contribution in [0.5, 0.6) is 11.5 Å². The summed E-state index contributed by atoms with van der Waals surface area (Å²) in [6, 6.07) is 19.4. The van der Waals surface area contributed by atoms with Crippen molar-refractivity contribution in [1.29, 1.82) is 0 Å².